The van der Waals surface area contributed by atoms with Crippen LogP contribution in [0.2, 0.25) is 5.02 Å². The Morgan fingerprint density at radius 3 is 2.81 bits per heavy atom. The van der Waals surface area contributed by atoms with Gasteiger partial charge in [0.05, 0.1) is 17.8 Å². The molecule has 0 bridgehead atoms. The van der Waals surface area contributed by atoms with E-state index in [0.717, 1.165) is 5.69 Å². The molecule has 112 valence electrons. The fourth-order valence-electron chi connectivity index (χ4n) is 2.94. The first-order chi connectivity index (χ1) is 10.1. The van der Waals surface area contributed by atoms with Crippen molar-refractivity contribution in [3.63, 3.8) is 0 Å². The fourth-order valence-corrected chi connectivity index (χ4v) is 3.17. The van der Waals surface area contributed by atoms with Crippen molar-refractivity contribution in [3.8, 4) is 0 Å². The zero-order valence-corrected chi connectivity index (χ0v) is 12.4. The van der Waals surface area contributed by atoms with Crippen molar-refractivity contribution in [2.75, 3.05) is 0 Å². The molecule has 1 aromatic heterocycles. The van der Waals surface area contributed by atoms with E-state index in [9.17, 15) is 9.50 Å². The van der Waals surface area contributed by atoms with E-state index in [1.54, 1.807) is 6.07 Å². The van der Waals surface area contributed by atoms with E-state index in [4.69, 9.17) is 11.6 Å². The lowest BCUT2D eigenvalue weighted by Crippen LogP contribution is -2.07. The summed E-state index contributed by atoms with van der Waals surface area (Å²) in [6, 6.07) is 6.53. The average molecular weight is 309 g/mol. The monoisotopic (exact) mass is 308 g/mol. The summed E-state index contributed by atoms with van der Waals surface area (Å²) in [5.74, 6) is -0.437. The van der Waals surface area contributed by atoms with Crippen LogP contribution in [0, 0.1) is 5.82 Å². The molecule has 1 aromatic carbocycles. The smallest absolute Gasteiger partial charge is 0.125 e. The quantitative estimate of drug-likeness (QED) is 0.924. The van der Waals surface area contributed by atoms with Gasteiger partial charge in [-0.15, -0.1) is 0 Å². The molecule has 3 rings (SSSR count). The lowest BCUT2D eigenvalue weighted by molar-refractivity contribution is 0.176. The van der Waals surface area contributed by atoms with Crippen LogP contribution in [-0.4, -0.2) is 14.9 Å². The third-order valence-corrected chi connectivity index (χ3v) is 4.25. The Morgan fingerprint density at radius 2 is 2.10 bits per heavy atom. The molecule has 0 amide bonds. The topological polar surface area (TPSA) is 38.0 Å². The molecule has 21 heavy (non-hydrogen) atoms. The van der Waals surface area contributed by atoms with Crippen molar-refractivity contribution in [1.82, 2.24) is 9.78 Å². The zero-order valence-electron chi connectivity index (χ0n) is 11.7. The van der Waals surface area contributed by atoms with Crippen LogP contribution >= 0.6 is 11.6 Å². The summed E-state index contributed by atoms with van der Waals surface area (Å²) in [6.07, 6.45) is 6.38. The van der Waals surface area contributed by atoms with Gasteiger partial charge in [-0.2, -0.15) is 5.10 Å². The van der Waals surface area contributed by atoms with Gasteiger partial charge in [0.15, 0.2) is 0 Å². The molecule has 1 fully saturated rings. The van der Waals surface area contributed by atoms with Crippen LogP contribution < -0.4 is 0 Å². The highest BCUT2D eigenvalue weighted by atomic mass is 35.5. The van der Waals surface area contributed by atoms with Crippen LogP contribution in [0.25, 0.3) is 0 Å². The molecule has 1 saturated carbocycles. The SMILES string of the molecule is OC(Cc1ccn(C2CCCC2)n1)c1cc(F)cc(Cl)c1. The van der Waals surface area contributed by atoms with Gasteiger partial charge >= 0.3 is 0 Å². The normalized spacial score (nSPS) is 17.3. The third kappa shape index (κ3) is 3.44. The largest absolute Gasteiger partial charge is 0.388 e. The van der Waals surface area contributed by atoms with Gasteiger partial charge in [-0.3, -0.25) is 4.68 Å². The molecule has 1 aliphatic rings. The Kier molecular flexibility index (Phi) is 4.27. The first-order valence-electron chi connectivity index (χ1n) is 7.30. The number of aliphatic hydroxyl groups excluding tert-OH is 1. The maximum Gasteiger partial charge on any atom is 0.125 e. The van der Waals surface area contributed by atoms with Gasteiger partial charge in [0.25, 0.3) is 0 Å². The van der Waals surface area contributed by atoms with E-state index in [2.05, 4.69) is 5.10 Å². The van der Waals surface area contributed by atoms with Crippen molar-refractivity contribution in [1.29, 1.82) is 0 Å². The Labute approximate surface area is 128 Å². The predicted molar refractivity (Wildman–Crippen MR) is 79.8 cm³/mol. The van der Waals surface area contributed by atoms with Crippen LogP contribution in [0.3, 0.4) is 0 Å². The van der Waals surface area contributed by atoms with E-state index in [1.165, 1.54) is 37.8 Å². The summed E-state index contributed by atoms with van der Waals surface area (Å²) in [4.78, 5) is 0. The number of rotatable bonds is 4. The Balaban J connectivity index is 1.70. The van der Waals surface area contributed by atoms with Crippen LogP contribution in [0.5, 0.6) is 0 Å². The number of aliphatic hydroxyl groups is 1. The first kappa shape index (κ1) is 14.5. The summed E-state index contributed by atoms with van der Waals surface area (Å²) in [5.41, 5.74) is 1.30. The second-order valence-corrected chi connectivity index (χ2v) is 6.08. The van der Waals surface area contributed by atoms with Crippen molar-refractivity contribution in [2.24, 2.45) is 0 Å². The lowest BCUT2D eigenvalue weighted by atomic mass is 10.1. The zero-order chi connectivity index (χ0) is 14.8. The van der Waals surface area contributed by atoms with Crippen molar-refractivity contribution in [3.05, 3.63) is 52.6 Å². The van der Waals surface area contributed by atoms with E-state index in [-0.39, 0.29) is 0 Å². The number of benzene rings is 1. The Morgan fingerprint density at radius 1 is 1.33 bits per heavy atom. The molecule has 0 spiro atoms. The molecule has 0 saturated heterocycles. The molecule has 1 heterocycles. The molecule has 1 unspecified atom stereocenters. The van der Waals surface area contributed by atoms with Crippen LogP contribution in [0.15, 0.2) is 30.5 Å². The maximum atomic E-state index is 13.3. The van der Waals surface area contributed by atoms with E-state index >= 15 is 0 Å². The average Bonchev–Trinajstić information content (AvgIpc) is 3.07. The molecule has 1 aliphatic carbocycles. The highest BCUT2D eigenvalue weighted by molar-refractivity contribution is 6.30. The summed E-state index contributed by atoms with van der Waals surface area (Å²) < 4.78 is 15.3. The highest BCUT2D eigenvalue weighted by Gasteiger charge is 2.18. The van der Waals surface area contributed by atoms with E-state index in [0.29, 0.717) is 23.0 Å². The molecule has 1 N–H and O–H groups in total. The van der Waals surface area contributed by atoms with Gasteiger partial charge in [-0.05, 0) is 42.7 Å². The number of nitrogens with zero attached hydrogens (tertiary/aromatic N) is 2. The Bertz CT molecular complexity index is 602. The fraction of sp³-hybridized carbons (Fsp3) is 0.438. The molecule has 5 heteroatoms. The van der Waals surface area contributed by atoms with E-state index in [1.807, 2.05) is 16.9 Å². The van der Waals surface area contributed by atoms with Crippen molar-refractivity contribution < 1.29 is 9.50 Å². The molecular formula is C16H18ClFN2O. The lowest BCUT2D eigenvalue weighted by Gasteiger charge is -2.11. The minimum atomic E-state index is -0.801. The number of hydrogen-bond acceptors (Lipinski definition) is 2. The van der Waals surface area contributed by atoms with Gasteiger partial charge in [0.2, 0.25) is 0 Å². The summed E-state index contributed by atoms with van der Waals surface area (Å²) in [6.45, 7) is 0. The first-order valence-corrected chi connectivity index (χ1v) is 7.68. The van der Waals surface area contributed by atoms with Gasteiger partial charge in [0.1, 0.15) is 5.82 Å². The third-order valence-electron chi connectivity index (χ3n) is 4.03. The number of aromatic nitrogens is 2. The number of hydrogen-bond donors (Lipinski definition) is 1. The summed E-state index contributed by atoms with van der Waals surface area (Å²) in [7, 11) is 0. The van der Waals surface area contributed by atoms with Gasteiger partial charge in [-0.25, -0.2) is 4.39 Å². The molecule has 3 nitrogen and oxygen atoms in total. The highest BCUT2D eigenvalue weighted by Crippen LogP contribution is 2.29. The Hall–Kier alpha value is -1.39. The second kappa shape index (κ2) is 6.16. The van der Waals surface area contributed by atoms with Gasteiger partial charge in [0, 0.05) is 17.6 Å². The molecule has 0 radical (unpaired) electrons. The molecular weight excluding hydrogens is 291 g/mol. The maximum absolute atomic E-state index is 13.3. The van der Waals surface area contributed by atoms with Gasteiger partial charge in [-0.1, -0.05) is 24.4 Å². The van der Waals surface area contributed by atoms with Crippen LogP contribution in [0.1, 0.15) is 49.1 Å². The second-order valence-electron chi connectivity index (χ2n) is 5.65. The molecule has 1 atom stereocenters. The minimum absolute atomic E-state index is 0.292. The number of halogens is 2. The predicted octanol–water partition coefficient (Wildman–Crippen LogP) is 4.07. The van der Waals surface area contributed by atoms with Crippen molar-refractivity contribution >= 4 is 11.6 Å². The van der Waals surface area contributed by atoms with Crippen molar-refractivity contribution in [2.45, 2.75) is 44.2 Å². The van der Waals surface area contributed by atoms with E-state index < -0.39 is 11.9 Å². The summed E-state index contributed by atoms with van der Waals surface area (Å²) in [5, 5.41) is 15.0. The minimum Gasteiger partial charge on any atom is -0.388 e. The molecule has 2 aromatic rings. The van der Waals surface area contributed by atoms with Crippen LogP contribution in [-0.2, 0) is 6.42 Å². The van der Waals surface area contributed by atoms with Gasteiger partial charge < -0.3 is 5.11 Å². The standard InChI is InChI=1S/C16H18ClFN2O/c17-12-7-11(8-13(18)9-12)16(21)10-14-5-6-20(19-14)15-3-1-2-4-15/h5-9,15-16,21H,1-4,10H2. The van der Waals surface area contributed by atoms with Crippen LogP contribution in [0.4, 0.5) is 4.39 Å². The molecule has 0 aliphatic heterocycles. The summed E-state index contributed by atoms with van der Waals surface area (Å²) >= 11 is 5.82.